The second-order valence-corrected chi connectivity index (χ2v) is 12.4. The topological polar surface area (TPSA) is 56.7 Å². The Bertz CT molecular complexity index is 2800. The highest BCUT2D eigenvalue weighted by molar-refractivity contribution is 6.16. The van der Waals surface area contributed by atoms with Crippen LogP contribution in [0.15, 0.2) is 174 Å². The molecule has 234 valence electrons. The molecule has 0 N–H and O–H groups in total. The lowest BCUT2D eigenvalue weighted by Gasteiger charge is -2.13. The highest BCUT2D eigenvalue weighted by Gasteiger charge is 2.23. The van der Waals surface area contributed by atoms with E-state index in [1.165, 1.54) is 16.3 Å². The van der Waals surface area contributed by atoms with Gasteiger partial charge in [-0.2, -0.15) is 0 Å². The molecule has 50 heavy (non-hydrogen) atoms. The van der Waals surface area contributed by atoms with E-state index < -0.39 is 0 Å². The van der Waals surface area contributed by atoms with Crippen LogP contribution in [0.3, 0.4) is 0 Å². The van der Waals surface area contributed by atoms with E-state index >= 15 is 0 Å². The molecule has 5 nitrogen and oxygen atoms in total. The lowest BCUT2D eigenvalue weighted by Crippen LogP contribution is -2.01. The van der Waals surface area contributed by atoms with Crippen molar-refractivity contribution in [2.45, 2.75) is 0 Å². The minimum atomic E-state index is 0.592. The van der Waals surface area contributed by atoms with Crippen molar-refractivity contribution in [2.75, 3.05) is 0 Å². The molecule has 10 rings (SSSR count). The van der Waals surface area contributed by atoms with Crippen molar-refractivity contribution in [3.8, 4) is 51.0 Å². The summed E-state index contributed by atoms with van der Waals surface area (Å²) in [4.78, 5) is 15.1. The van der Waals surface area contributed by atoms with Crippen LogP contribution in [0.1, 0.15) is 0 Å². The fraction of sp³-hybridized carbons (Fsp3) is 0. The molecular formula is C45H28N4O. The van der Waals surface area contributed by atoms with Gasteiger partial charge >= 0.3 is 0 Å². The molecular weight excluding hydrogens is 613 g/mol. The van der Waals surface area contributed by atoms with Gasteiger partial charge in [0, 0.05) is 38.2 Å². The third-order valence-electron chi connectivity index (χ3n) is 9.47. The first-order chi connectivity index (χ1) is 24.8. The molecule has 5 heteroatoms. The van der Waals surface area contributed by atoms with Crippen LogP contribution in [0, 0.1) is 0 Å². The lowest BCUT2D eigenvalue weighted by atomic mass is 10.0. The zero-order chi connectivity index (χ0) is 33.0. The maximum absolute atomic E-state index is 6.82. The van der Waals surface area contributed by atoms with Gasteiger partial charge in [0.15, 0.2) is 23.1 Å². The molecule has 0 fully saturated rings. The SMILES string of the molecule is c1ccc(-c2ccc3c4ccccc4n(-c4ccc(-c5nc(-c6ccccc6)nc(-c6ccccc6)n5)c5c4oc4ccccc45)c3c2)cc1. The third-order valence-corrected chi connectivity index (χ3v) is 9.47. The molecule has 0 aliphatic carbocycles. The molecule has 0 atom stereocenters. The van der Waals surface area contributed by atoms with Crippen LogP contribution in [0.2, 0.25) is 0 Å². The molecule has 0 bridgehead atoms. The number of aromatic nitrogens is 4. The fourth-order valence-electron chi connectivity index (χ4n) is 7.15. The second-order valence-electron chi connectivity index (χ2n) is 12.4. The van der Waals surface area contributed by atoms with Crippen LogP contribution >= 0.6 is 0 Å². The molecule has 3 aromatic heterocycles. The van der Waals surface area contributed by atoms with Crippen molar-refractivity contribution in [3.05, 3.63) is 170 Å². The van der Waals surface area contributed by atoms with E-state index in [-0.39, 0.29) is 0 Å². The molecule has 0 saturated heterocycles. The summed E-state index contributed by atoms with van der Waals surface area (Å²) in [7, 11) is 0. The van der Waals surface area contributed by atoms with Crippen LogP contribution in [-0.4, -0.2) is 19.5 Å². The van der Waals surface area contributed by atoms with Gasteiger partial charge in [0.05, 0.1) is 16.7 Å². The summed E-state index contributed by atoms with van der Waals surface area (Å²) < 4.78 is 9.16. The van der Waals surface area contributed by atoms with E-state index in [4.69, 9.17) is 19.4 Å². The molecule has 0 amide bonds. The largest absolute Gasteiger partial charge is 0.454 e. The van der Waals surface area contributed by atoms with Crippen LogP contribution < -0.4 is 0 Å². The average molecular weight is 641 g/mol. The van der Waals surface area contributed by atoms with Crippen LogP contribution in [-0.2, 0) is 0 Å². The summed E-state index contributed by atoms with van der Waals surface area (Å²) in [6.07, 6.45) is 0. The minimum Gasteiger partial charge on any atom is -0.454 e. The Morgan fingerprint density at radius 3 is 1.66 bits per heavy atom. The zero-order valence-electron chi connectivity index (χ0n) is 26.9. The summed E-state index contributed by atoms with van der Waals surface area (Å²) in [5.74, 6) is 1.83. The number of hydrogen-bond donors (Lipinski definition) is 0. The number of nitrogens with zero attached hydrogens (tertiary/aromatic N) is 4. The quantitative estimate of drug-likeness (QED) is 0.188. The zero-order valence-corrected chi connectivity index (χ0v) is 26.9. The van der Waals surface area contributed by atoms with E-state index in [2.05, 4.69) is 102 Å². The first-order valence-corrected chi connectivity index (χ1v) is 16.7. The Kier molecular flexibility index (Phi) is 6.42. The Hall–Kier alpha value is -6.85. The maximum atomic E-state index is 6.82. The van der Waals surface area contributed by atoms with Crippen molar-refractivity contribution in [1.82, 2.24) is 19.5 Å². The van der Waals surface area contributed by atoms with E-state index in [9.17, 15) is 0 Å². The molecule has 0 radical (unpaired) electrons. The van der Waals surface area contributed by atoms with Gasteiger partial charge in [-0.25, -0.2) is 15.0 Å². The van der Waals surface area contributed by atoms with Crippen molar-refractivity contribution >= 4 is 43.7 Å². The van der Waals surface area contributed by atoms with E-state index in [1.54, 1.807) is 0 Å². The first-order valence-electron chi connectivity index (χ1n) is 16.7. The van der Waals surface area contributed by atoms with Crippen LogP contribution in [0.4, 0.5) is 0 Å². The Balaban J connectivity index is 1.27. The van der Waals surface area contributed by atoms with Crippen LogP contribution in [0.5, 0.6) is 0 Å². The monoisotopic (exact) mass is 640 g/mol. The summed E-state index contributed by atoms with van der Waals surface area (Å²) in [5.41, 5.74) is 9.84. The highest BCUT2D eigenvalue weighted by atomic mass is 16.3. The molecule has 0 aliphatic rings. The van der Waals surface area contributed by atoms with Crippen molar-refractivity contribution in [2.24, 2.45) is 0 Å². The van der Waals surface area contributed by atoms with E-state index in [0.717, 1.165) is 60.9 Å². The second kappa shape index (κ2) is 11.4. The molecule has 10 aromatic rings. The van der Waals surface area contributed by atoms with Gasteiger partial charge in [0.25, 0.3) is 0 Å². The normalized spacial score (nSPS) is 11.6. The van der Waals surface area contributed by atoms with E-state index in [0.29, 0.717) is 17.5 Å². The van der Waals surface area contributed by atoms with Gasteiger partial charge in [-0.15, -0.1) is 0 Å². The van der Waals surface area contributed by atoms with Gasteiger partial charge in [-0.3, -0.25) is 0 Å². The first kappa shape index (κ1) is 28.2. The maximum Gasteiger partial charge on any atom is 0.164 e. The smallest absolute Gasteiger partial charge is 0.164 e. The lowest BCUT2D eigenvalue weighted by molar-refractivity contribution is 0.666. The van der Waals surface area contributed by atoms with Gasteiger partial charge < -0.3 is 8.98 Å². The Labute approximate surface area is 287 Å². The number of para-hydroxylation sites is 2. The number of fused-ring (bicyclic) bond motifs is 6. The minimum absolute atomic E-state index is 0.592. The number of hydrogen-bond acceptors (Lipinski definition) is 4. The average Bonchev–Trinajstić information content (AvgIpc) is 3.75. The van der Waals surface area contributed by atoms with E-state index in [1.807, 2.05) is 72.8 Å². The summed E-state index contributed by atoms with van der Waals surface area (Å²) in [6.45, 7) is 0. The van der Waals surface area contributed by atoms with Crippen molar-refractivity contribution in [3.63, 3.8) is 0 Å². The van der Waals surface area contributed by atoms with Gasteiger partial charge in [0.1, 0.15) is 5.58 Å². The van der Waals surface area contributed by atoms with Gasteiger partial charge in [-0.1, -0.05) is 140 Å². The molecule has 0 spiro atoms. The Morgan fingerprint density at radius 2 is 0.960 bits per heavy atom. The number of rotatable bonds is 5. The summed E-state index contributed by atoms with van der Waals surface area (Å²) >= 11 is 0. The number of furan rings is 1. The highest BCUT2D eigenvalue weighted by Crippen LogP contribution is 2.42. The molecule has 7 aromatic carbocycles. The molecule has 0 unspecified atom stereocenters. The molecule has 0 aliphatic heterocycles. The third kappa shape index (κ3) is 4.52. The van der Waals surface area contributed by atoms with Crippen LogP contribution in [0.25, 0.3) is 94.7 Å². The molecule has 0 saturated carbocycles. The predicted molar refractivity (Wildman–Crippen MR) is 203 cm³/mol. The summed E-state index contributed by atoms with van der Waals surface area (Å²) in [5, 5.41) is 4.35. The van der Waals surface area contributed by atoms with Gasteiger partial charge in [-0.05, 0) is 41.5 Å². The summed E-state index contributed by atoms with van der Waals surface area (Å²) in [6, 6.07) is 58.5. The Morgan fingerprint density at radius 1 is 0.400 bits per heavy atom. The van der Waals surface area contributed by atoms with Gasteiger partial charge in [0.2, 0.25) is 0 Å². The molecule has 3 heterocycles. The van der Waals surface area contributed by atoms with Crippen molar-refractivity contribution < 1.29 is 4.42 Å². The van der Waals surface area contributed by atoms with Crippen molar-refractivity contribution in [1.29, 1.82) is 0 Å². The predicted octanol–water partition coefficient (Wildman–Crippen LogP) is 11.5. The fourth-order valence-corrected chi connectivity index (χ4v) is 7.15. The number of benzene rings is 7. The standard InChI is InChI=1S/C45H28N4O/c1-4-14-29(15-5-1)32-24-25-34-33-20-10-12-22-37(33)49(39(34)28-32)38-27-26-36(41-35-21-11-13-23-40(35)50-42(38)41)45-47-43(30-16-6-2-7-17-30)46-44(48-45)31-18-8-3-9-19-31/h1-28H.